The molecule has 10 heavy (non-hydrogen) atoms. The monoisotopic (exact) mass is 160 g/mol. The molecule has 1 rings (SSSR count). The van der Waals surface area contributed by atoms with Gasteiger partial charge in [0.1, 0.15) is 5.02 Å². The zero-order chi connectivity index (χ0) is 7.72. The minimum Gasteiger partial charge on any atom is -0.488 e. The molecule has 0 radical (unpaired) electrons. The number of ether oxygens (including phenoxy) is 1. The molecule has 0 bridgehead atoms. The quantitative estimate of drug-likeness (QED) is 0.586. The van der Waals surface area contributed by atoms with Gasteiger partial charge in [0.15, 0.2) is 5.75 Å². The highest BCUT2D eigenvalue weighted by atomic mass is 35.5. The van der Waals surface area contributed by atoms with Crippen LogP contribution in [0.1, 0.15) is 6.92 Å². The van der Waals surface area contributed by atoms with Crippen LogP contribution in [0.15, 0.2) is 9.59 Å². The van der Waals surface area contributed by atoms with Crippen molar-refractivity contribution in [1.82, 2.24) is 0 Å². The highest BCUT2D eigenvalue weighted by Gasteiger charge is 2.19. The van der Waals surface area contributed by atoms with Crippen LogP contribution in [0, 0.1) is 0 Å². The normalized spacial score (nSPS) is 10.2. The van der Waals surface area contributed by atoms with Gasteiger partial charge in [0, 0.05) is 0 Å². The SMILES string of the molecule is CCOc1c(Cl)c(=O)c1=O. The first-order chi connectivity index (χ1) is 4.68. The molecule has 0 fully saturated rings. The lowest BCUT2D eigenvalue weighted by molar-refractivity contribution is 0.333. The minimum atomic E-state index is -0.648. The average molecular weight is 161 g/mol. The Hall–Kier alpha value is -0.830. The van der Waals surface area contributed by atoms with E-state index in [4.69, 9.17) is 16.3 Å². The van der Waals surface area contributed by atoms with Crippen LogP contribution in [-0.4, -0.2) is 6.61 Å². The maximum atomic E-state index is 10.5. The fourth-order valence-electron chi connectivity index (χ4n) is 0.616. The van der Waals surface area contributed by atoms with E-state index in [0.29, 0.717) is 6.61 Å². The Balaban J connectivity index is 2.99. The molecule has 0 atom stereocenters. The van der Waals surface area contributed by atoms with Crippen LogP contribution in [-0.2, 0) is 0 Å². The first-order valence-electron chi connectivity index (χ1n) is 2.80. The Morgan fingerprint density at radius 3 is 2.40 bits per heavy atom. The van der Waals surface area contributed by atoms with Gasteiger partial charge in [0.25, 0.3) is 10.9 Å². The zero-order valence-electron chi connectivity index (χ0n) is 5.31. The summed E-state index contributed by atoms with van der Waals surface area (Å²) in [7, 11) is 0. The van der Waals surface area contributed by atoms with Crippen LogP contribution < -0.4 is 15.6 Å². The van der Waals surface area contributed by atoms with Gasteiger partial charge >= 0.3 is 0 Å². The van der Waals surface area contributed by atoms with Crippen molar-refractivity contribution in [2.75, 3.05) is 6.61 Å². The lowest BCUT2D eigenvalue weighted by Gasteiger charge is -2.03. The van der Waals surface area contributed by atoms with Gasteiger partial charge < -0.3 is 4.74 Å². The van der Waals surface area contributed by atoms with E-state index in [-0.39, 0.29) is 10.8 Å². The minimum absolute atomic E-state index is 0.00849. The summed E-state index contributed by atoms with van der Waals surface area (Å²) in [6.45, 7) is 2.07. The van der Waals surface area contributed by atoms with Gasteiger partial charge in [0.05, 0.1) is 6.61 Å². The second kappa shape index (κ2) is 2.42. The van der Waals surface area contributed by atoms with Crippen molar-refractivity contribution in [2.45, 2.75) is 6.92 Å². The van der Waals surface area contributed by atoms with Crippen molar-refractivity contribution in [2.24, 2.45) is 0 Å². The molecule has 0 aliphatic heterocycles. The van der Waals surface area contributed by atoms with Gasteiger partial charge in [-0.2, -0.15) is 0 Å². The highest BCUT2D eigenvalue weighted by molar-refractivity contribution is 6.32. The van der Waals surface area contributed by atoms with Crippen LogP contribution >= 0.6 is 11.6 Å². The third kappa shape index (κ3) is 0.827. The Morgan fingerprint density at radius 1 is 1.40 bits per heavy atom. The lowest BCUT2D eigenvalue weighted by atomic mass is 10.3. The molecule has 0 aliphatic rings. The van der Waals surface area contributed by atoms with E-state index in [9.17, 15) is 9.59 Å². The summed E-state index contributed by atoms with van der Waals surface area (Å²) in [4.78, 5) is 21.0. The van der Waals surface area contributed by atoms with E-state index in [1.807, 2.05) is 0 Å². The Kier molecular flexibility index (Phi) is 1.76. The molecule has 54 valence electrons. The molecular formula is C6H5ClO3. The van der Waals surface area contributed by atoms with E-state index >= 15 is 0 Å². The lowest BCUT2D eigenvalue weighted by Crippen LogP contribution is -2.32. The zero-order valence-corrected chi connectivity index (χ0v) is 6.07. The molecule has 0 saturated heterocycles. The molecule has 0 heterocycles. The van der Waals surface area contributed by atoms with Gasteiger partial charge in [-0.05, 0) is 6.92 Å². The molecular weight excluding hydrogens is 156 g/mol. The average Bonchev–Trinajstić information content (AvgIpc) is 1.98. The highest BCUT2D eigenvalue weighted by Crippen LogP contribution is 2.16. The molecule has 1 aromatic carbocycles. The van der Waals surface area contributed by atoms with Crippen LogP contribution in [0.5, 0.6) is 5.75 Å². The number of halogens is 1. The smallest absolute Gasteiger partial charge is 0.270 e. The number of hydrogen-bond acceptors (Lipinski definition) is 3. The summed E-state index contributed by atoms with van der Waals surface area (Å²) in [6, 6.07) is 0. The van der Waals surface area contributed by atoms with Crippen LogP contribution in [0.3, 0.4) is 0 Å². The van der Waals surface area contributed by atoms with Crippen molar-refractivity contribution in [3.8, 4) is 5.75 Å². The molecule has 0 saturated carbocycles. The molecule has 0 N–H and O–H groups in total. The van der Waals surface area contributed by atoms with Crippen molar-refractivity contribution in [3.05, 3.63) is 25.5 Å². The van der Waals surface area contributed by atoms with Crippen LogP contribution in [0.4, 0.5) is 0 Å². The van der Waals surface area contributed by atoms with E-state index in [1.54, 1.807) is 6.92 Å². The molecule has 0 aliphatic carbocycles. The van der Waals surface area contributed by atoms with Crippen molar-refractivity contribution >= 4 is 11.6 Å². The maximum absolute atomic E-state index is 10.5. The fraction of sp³-hybridized carbons (Fsp3) is 0.333. The third-order valence-corrected chi connectivity index (χ3v) is 1.44. The Morgan fingerprint density at radius 2 is 2.00 bits per heavy atom. The first-order valence-corrected chi connectivity index (χ1v) is 3.18. The molecule has 0 aromatic heterocycles. The Bertz CT molecular complexity index is 308. The van der Waals surface area contributed by atoms with Crippen LogP contribution in [0.25, 0.3) is 0 Å². The van der Waals surface area contributed by atoms with Crippen molar-refractivity contribution < 1.29 is 4.74 Å². The van der Waals surface area contributed by atoms with E-state index in [1.165, 1.54) is 0 Å². The number of rotatable bonds is 2. The van der Waals surface area contributed by atoms with Crippen molar-refractivity contribution in [1.29, 1.82) is 0 Å². The Labute approximate surface area is 61.9 Å². The summed E-state index contributed by atoms with van der Waals surface area (Å²) < 4.78 is 4.75. The molecule has 0 spiro atoms. The molecule has 0 unspecified atom stereocenters. The van der Waals surface area contributed by atoms with Crippen molar-refractivity contribution in [3.63, 3.8) is 0 Å². The van der Waals surface area contributed by atoms with Crippen LogP contribution in [0.2, 0.25) is 5.02 Å². The predicted molar refractivity (Wildman–Crippen MR) is 37.5 cm³/mol. The molecule has 4 heteroatoms. The molecule has 0 amide bonds. The largest absolute Gasteiger partial charge is 0.488 e. The van der Waals surface area contributed by atoms with Gasteiger partial charge in [-0.15, -0.1) is 0 Å². The summed E-state index contributed by atoms with van der Waals surface area (Å²) in [5.74, 6) is 0.00849. The summed E-state index contributed by atoms with van der Waals surface area (Å²) in [6.07, 6.45) is 0. The standard InChI is InChI=1S/C6H5ClO3/c1-2-10-6-3(7)4(8)5(6)9/h2H2,1H3. The van der Waals surface area contributed by atoms with Gasteiger partial charge in [0.2, 0.25) is 0 Å². The summed E-state index contributed by atoms with van der Waals surface area (Å²) in [5, 5.41) is -0.0770. The fourth-order valence-corrected chi connectivity index (χ4v) is 0.843. The second-order valence-corrected chi connectivity index (χ2v) is 2.11. The van der Waals surface area contributed by atoms with Gasteiger partial charge in [-0.25, -0.2) is 0 Å². The second-order valence-electron chi connectivity index (χ2n) is 1.73. The number of hydrogen-bond donors (Lipinski definition) is 0. The summed E-state index contributed by atoms with van der Waals surface area (Å²) in [5.41, 5.74) is -1.27. The molecule has 1 aromatic rings. The molecule has 3 nitrogen and oxygen atoms in total. The maximum Gasteiger partial charge on any atom is 0.270 e. The predicted octanol–water partition coefficient (Wildman–Crippen LogP) is 0.335. The third-order valence-electron chi connectivity index (χ3n) is 1.10. The summed E-state index contributed by atoms with van der Waals surface area (Å²) >= 11 is 5.32. The van der Waals surface area contributed by atoms with Gasteiger partial charge in [-0.3, -0.25) is 9.59 Å². The topological polar surface area (TPSA) is 43.4 Å². The van der Waals surface area contributed by atoms with E-state index < -0.39 is 10.9 Å². The van der Waals surface area contributed by atoms with Gasteiger partial charge in [-0.1, -0.05) is 11.6 Å². The van der Waals surface area contributed by atoms with E-state index in [0.717, 1.165) is 0 Å². The van der Waals surface area contributed by atoms with E-state index in [2.05, 4.69) is 0 Å². The first kappa shape index (κ1) is 7.28.